The molecule has 15 heavy (non-hydrogen) atoms. The first-order valence-electron chi connectivity index (χ1n) is 4.79. The van der Waals surface area contributed by atoms with Gasteiger partial charge in [0.25, 0.3) is 0 Å². The van der Waals surface area contributed by atoms with Gasteiger partial charge in [0, 0.05) is 29.5 Å². The van der Waals surface area contributed by atoms with E-state index in [1.165, 1.54) is 0 Å². The van der Waals surface area contributed by atoms with Crippen LogP contribution in [0.1, 0.15) is 5.56 Å². The van der Waals surface area contributed by atoms with E-state index in [0.29, 0.717) is 0 Å². The van der Waals surface area contributed by atoms with Crippen molar-refractivity contribution in [3.05, 3.63) is 48.3 Å². The number of nitrogen functional groups attached to an aromatic ring is 1. The van der Waals surface area contributed by atoms with Crippen LogP contribution < -0.4 is 11.1 Å². The Morgan fingerprint density at radius 2 is 1.80 bits per heavy atom. The third kappa shape index (κ3) is 2.26. The summed E-state index contributed by atoms with van der Waals surface area (Å²) in [6.45, 7) is 1.99. The standard InChI is InChI=1S/C12H13N3/c1-9-8-11(2-3-12(9)13)15-10-4-6-14-7-5-10/h2-8H,13H2,1H3,(H,14,15). The molecule has 1 aromatic carbocycles. The Kier molecular flexibility index (Phi) is 2.54. The van der Waals surface area contributed by atoms with Crippen molar-refractivity contribution < 1.29 is 0 Å². The number of rotatable bonds is 2. The number of nitrogens with two attached hydrogens (primary N) is 1. The van der Waals surface area contributed by atoms with E-state index in [2.05, 4.69) is 10.3 Å². The fourth-order valence-electron chi connectivity index (χ4n) is 1.36. The Morgan fingerprint density at radius 3 is 2.47 bits per heavy atom. The lowest BCUT2D eigenvalue weighted by atomic mass is 10.2. The van der Waals surface area contributed by atoms with E-state index < -0.39 is 0 Å². The number of nitrogens with one attached hydrogen (secondary N) is 1. The van der Waals surface area contributed by atoms with Gasteiger partial charge >= 0.3 is 0 Å². The minimum atomic E-state index is 0.815. The van der Waals surface area contributed by atoms with Crippen molar-refractivity contribution in [1.82, 2.24) is 4.98 Å². The highest BCUT2D eigenvalue weighted by molar-refractivity contribution is 5.63. The van der Waals surface area contributed by atoms with Crippen LogP contribution in [0.2, 0.25) is 0 Å². The molecule has 3 heteroatoms. The Bertz CT molecular complexity index is 452. The van der Waals surface area contributed by atoms with Crippen LogP contribution >= 0.6 is 0 Å². The maximum absolute atomic E-state index is 5.74. The average Bonchev–Trinajstić information content (AvgIpc) is 2.25. The fraction of sp³-hybridized carbons (Fsp3) is 0.0833. The van der Waals surface area contributed by atoms with E-state index in [-0.39, 0.29) is 0 Å². The molecular weight excluding hydrogens is 186 g/mol. The van der Waals surface area contributed by atoms with Crippen LogP contribution in [0.5, 0.6) is 0 Å². The maximum atomic E-state index is 5.74. The zero-order valence-corrected chi connectivity index (χ0v) is 8.57. The highest BCUT2D eigenvalue weighted by Gasteiger charge is 1.96. The van der Waals surface area contributed by atoms with Crippen molar-refractivity contribution in [3.8, 4) is 0 Å². The van der Waals surface area contributed by atoms with Crippen LogP contribution in [0, 0.1) is 6.92 Å². The summed E-state index contributed by atoms with van der Waals surface area (Å²) in [6.07, 6.45) is 3.51. The van der Waals surface area contributed by atoms with Gasteiger partial charge in [-0.05, 0) is 42.8 Å². The molecule has 0 bridgehead atoms. The number of pyridine rings is 1. The Morgan fingerprint density at radius 1 is 1.07 bits per heavy atom. The predicted molar refractivity (Wildman–Crippen MR) is 63.1 cm³/mol. The molecule has 0 saturated carbocycles. The normalized spacial score (nSPS) is 9.93. The van der Waals surface area contributed by atoms with Crippen molar-refractivity contribution >= 4 is 17.1 Å². The van der Waals surface area contributed by atoms with Gasteiger partial charge in [-0.15, -0.1) is 0 Å². The largest absolute Gasteiger partial charge is 0.399 e. The van der Waals surface area contributed by atoms with Crippen LogP contribution in [0.4, 0.5) is 17.1 Å². The number of nitrogens with zero attached hydrogens (tertiary/aromatic N) is 1. The average molecular weight is 199 g/mol. The highest BCUT2D eigenvalue weighted by atomic mass is 14.9. The zero-order chi connectivity index (χ0) is 10.7. The summed E-state index contributed by atoms with van der Waals surface area (Å²) in [5, 5.41) is 3.28. The van der Waals surface area contributed by atoms with Crippen LogP contribution in [-0.4, -0.2) is 4.98 Å². The van der Waals surface area contributed by atoms with E-state index in [4.69, 9.17) is 5.73 Å². The molecule has 2 rings (SSSR count). The molecule has 76 valence electrons. The van der Waals surface area contributed by atoms with E-state index in [9.17, 15) is 0 Å². The van der Waals surface area contributed by atoms with Gasteiger partial charge in [-0.3, -0.25) is 4.98 Å². The van der Waals surface area contributed by atoms with Gasteiger partial charge in [0.05, 0.1) is 0 Å². The van der Waals surface area contributed by atoms with Gasteiger partial charge < -0.3 is 11.1 Å². The first kappa shape index (κ1) is 9.52. The molecule has 0 amide bonds. The number of aryl methyl sites for hydroxylation is 1. The maximum Gasteiger partial charge on any atom is 0.0415 e. The van der Waals surface area contributed by atoms with Gasteiger partial charge in [-0.2, -0.15) is 0 Å². The van der Waals surface area contributed by atoms with E-state index in [1.807, 2.05) is 37.3 Å². The Balaban J connectivity index is 2.22. The molecule has 1 aromatic heterocycles. The molecule has 3 N–H and O–H groups in total. The van der Waals surface area contributed by atoms with Gasteiger partial charge in [0.2, 0.25) is 0 Å². The second-order valence-electron chi connectivity index (χ2n) is 3.43. The Hall–Kier alpha value is -2.03. The van der Waals surface area contributed by atoms with Crippen molar-refractivity contribution in [2.45, 2.75) is 6.92 Å². The van der Waals surface area contributed by atoms with Crippen LogP contribution in [-0.2, 0) is 0 Å². The van der Waals surface area contributed by atoms with E-state index >= 15 is 0 Å². The summed E-state index contributed by atoms with van der Waals surface area (Å²) in [5.41, 5.74) is 9.69. The van der Waals surface area contributed by atoms with Crippen LogP contribution in [0.25, 0.3) is 0 Å². The zero-order valence-electron chi connectivity index (χ0n) is 8.57. The molecule has 2 aromatic rings. The molecule has 0 aliphatic heterocycles. The first-order valence-corrected chi connectivity index (χ1v) is 4.79. The predicted octanol–water partition coefficient (Wildman–Crippen LogP) is 2.72. The lowest BCUT2D eigenvalue weighted by Crippen LogP contribution is -1.93. The lowest BCUT2D eigenvalue weighted by molar-refractivity contribution is 1.32. The summed E-state index contributed by atoms with van der Waals surface area (Å²) >= 11 is 0. The Labute approximate surface area is 89.0 Å². The van der Waals surface area contributed by atoms with Gasteiger partial charge in [0.15, 0.2) is 0 Å². The van der Waals surface area contributed by atoms with Crippen molar-refractivity contribution in [2.24, 2.45) is 0 Å². The van der Waals surface area contributed by atoms with Gasteiger partial charge in [0.1, 0.15) is 0 Å². The fourth-order valence-corrected chi connectivity index (χ4v) is 1.36. The number of benzene rings is 1. The first-order chi connectivity index (χ1) is 7.25. The number of hydrogen-bond acceptors (Lipinski definition) is 3. The minimum Gasteiger partial charge on any atom is -0.399 e. The number of anilines is 3. The summed E-state index contributed by atoms with van der Waals surface area (Å²) in [4.78, 5) is 3.96. The van der Waals surface area contributed by atoms with Crippen LogP contribution in [0.15, 0.2) is 42.7 Å². The summed E-state index contributed by atoms with van der Waals surface area (Å²) < 4.78 is 0. The monoisotopic (exact) mass is 199 g/mol. The molecule has 0 unspecified atom stereocenters. The second kappa shape index (κ2) is 4.00. The quantitative estimate of drug-likeness (QED) is 0.731. The molecule has 0 fully saturated rings. The van der Waals surface area contributed by atoms with Gasteiger partial charge in [-0.25, -0.2) is 0 Å². The molecule has 0 aliphatic rings. The van der Waals surface area contributed by atoms with Crippen LogP contribution in [0.3, 0.4) is 0 Å². The van der Waals surface area contributed by atoms with Crippen molar-refractivity contribution in [3.63, 3.8) is 0 Å². The third-order valence-electron chi connectivity index (χ3n) is 2.24. The van der Waals surface area contributed by atoms with E-state index in [1.54, 1.807) is 12.4 Å². The summed E-state index contributed by atoms with van der Waals surface area (Å²) in [6, 6.07) is 9.73. The van der Waals surface area contributed by atoms with E-state index in [0.717, 1.165) is 22.6 Å². The lowest BCUT2D eigenvalue weighted by Gasteiger charge is -2.07. The molecule has 0 saturated heterocycles. The molecule has 0 radical (unpaired) electrons. The van der Waals surface area contributed by atoms with Gasteiger partial charge in [-0.1, -0.05) is 0 Å². The summed E-state index contributed by atoms with van der Waals surface area (Å²) in [5.74, 6) is 0. The molecule has 0 atom stereocenters. The number of aromatic nitrogens is 1. The third-order valence-corrected chi connectivity index (χ3v) is 2.24. The molecule has 1 heterocycles. The number of hydrogen-bond donors (Lipinski definition) is 2. The summed E-state index contributed by atoms with van der Waals surface area (Å²) in [7, 11) is 0. The molecular formula is C12H13N3. The van der Waals surface area contributed by atoms with Crippen molar-refractivity contribution in [2.75, 3.05) is 11.1 Å². The SMILES string of the molecule is Cc1cc(Nc2ccncc2)ccc1N. The minimum absolute atomic E-state index is 0.815. The molecule has 0 spiro atoms. The topological polar surface area (TPSA) is 50.9 Å². The smallest absolute Gasteiger partial charge is 0.0415 e. The molecule has 3 nitrogen and oxygen atoms in total. The van der Waals surface area contributed by atoms with Crippen molar-refractivity contribution in [1.29, 1.82) is 0 Å². The highest BCUT2D eigenvalue weighted by Crippen LogP contribution is 2.20. The second-order valence-corrected chi connectivity index (χ2v) is 3.43. The molecule has 0 aliphatic carbocycles.